The molecule has 0 aliphatic rings. The number of hydrogen-bond donors (Lipinski definition) is 0. The highest BCUT2D eigenvalue weighted by Crippen LogP contribution is 2.32. The zero-order chi connectivity index (χ0) is 20.2. The van der Waals surface area contributed by atoms with Crippen molar-refractivity contribution >= 4 is 27.7 Å². The van der Waals surface area contributed by atoms with Crippen LogP contribution in [0, 0.1) is 0 Å². The highest BCUT2D eigenvalue weighted by atomic mass is 35.5. The third-order valence-electron chi connectivity index (χ3n) is 3.20. The Morgan fingerprint density at radius 2 is 1.78 bits per heavy atom. The number of alkyl halides is 2. The minimum absolute atomic E-state index is 0.161. The highest BCUT2D eigenvalue weighted by molar-refractivity contribution is 7.87. The van der Waals surface area contributed by atoms with E-state index in [1.807, 2.05) is 0 Å². The highest BCUT2D eigenvalue weighted by Gasteiger charge is 2.24. The monoisotopic (exact) mass is 422 g/mol. The molecule has 11 heteroatoms. The molecule has 0 atom stereocenters. The normalized spacial score (nSPS) is 11.2. The van der Waals surface area contributed by atoms with E-state index in [1.54, 1.807) is 0 Å². The quantitative estimate of drug-likeness (QED) is 0.498. The van der Waals surface area contributed by atoms with Gasteiger partial charge in [-0.1, -0.05) is 11.6 Å². The molecule has 0 bridgehead atoms. The van der Waals surface area contributed by atoms with Gasteiger partial charge in [0.05, 0.1) is 19.2 Å². The lowest BCUT2D eigenvalue weighted by molar-refractivity contribution is -0.0498. The summed E-state index contributed by atoms with van der Waals surface area (Å²) in [7, 11) is -2.00. The molecule has 7 nitrogen and oxygen atoms in total. The van der Waals surface area contributed by atoms with Gasteiger partial charge in [-0.15, -0.1) is 0 Å². The van der Waals surface area contributed by atoms with E-state index >= 15 is 0 Å². The van der Waals surface area contributed by atoms with Gasteiger partial charge in [-0.2, -0.15) is 17.2 Å². The minimum Gasteiger partial charge on any atom is -0.497 e. The summed E-state index contributed by atoms with van der Waals surface area (Å²) in [5.74, 6) is -1.35. The summed E-state index contributed by atoms with van der Waals surface area (Å²) in [6.07, 6.45) is 0. The molecule has 0 unspecified atom stereocenters. The summed E-state index contributed by atoms with van der Waals surface area (Å²) < 4.78 is 68.2. The summed E-state index contributed by atoms with van der Waals surface area (Å²) in [4.78, 5) is 11.4. The molecule has 146 valence electrons. The summed E-state index contributed by atoms with van der Waals surface area (Å²) in [6, 6.07) is 6.67. The van der Waals surface area contributed by atoms with Crippen molar-refractivity contribution in [2.45, 2.75) is 11.5 Å². The van der Waals surface area contributed by atoms with Crippen LogP contribution >= 0.6 is 11.6 Å². The molecule has 0 aliphatic carbocycles. The number of carbonyl (C=O) groups is 1. The van der Waals surface area contributed by atoms with Crippen molar-refractivity contribution in [1.82, 2.24) is 0 Å². The molecule has 0 aromatic heterocycles. The largest absolute Gasteiger partial charge is 0.497 e. The van der Waals surface area contributed by atoms with Crippen LogP contribution in [0.3, 0.4) is 0 Å². The molecule has 0 saturated carbocycles. The molecule has 0 saturated heterocycles. The Morgan fingerprint density at radius 3 is 2.33 bits per heavy atom. The van der Waals surface area contributed by atoms with Gasteiger partial charge < -0.3 is 18.4 Å². The second kappa shape index (κ2) is 8.40. The number of halogens is 3. The summed E-state index contributed by atoms with van der Waals surface area (Å²) >= 11 is 5.76. The predicted octanol–water partition coefficient (Wildman–Crippen LogP) is 3.50. The molecule has 27 heavy (non-hydrogen) atoms. The predicted molar refractivity (Wildman–Crippen MR) is 90.2 cm³/mol. The second-order valence-corrected chi connectivity index (χ2v) is 6.82. The van der Waals surface area contributed by atoms with Gasteiger partial charge in [0.15, 0.2) is 5.75 Å². The maximum Gasteiger partial charge on any atom is 0.387 e. The lowest BCUT2D eigenvalue weighted by atomic mass is 10.2. The number of carbonyl (C=O) groups excluding carboxylic acids is 1. The van der Waals surface area contributed by atoms with E-state index in [4.69, 9.17) is 20.5 Å². The van der Waals surface area contributed by atoms with Gasteiger partial charge in [-0.3, -0.25) is 0 Å². The van der Waals surface area contributed by atoms with Gasteiger partial charge in [-0.05, 0) is 30.3 Å². The van der Waals surface area contributed by atoms with Gasteiger partial charge in [0.25, 0.3) is 0 Å². The van der Waals surface area contributed by atoms with E-state index in [0.29, 0.717) is 0 Å². The van der Waals surface area contributed by atoms with Gasteiger partial charge in [0, 0.05) is 6.07 Å². The van der Waals surface area contributed by atoms with E-state index < -0.39 is 33.3 Å². The molecule has 0 spiro atoms. The van der Waals surface area contributed by atoms with Crippen molar-refractivity contribution in [3.8, 4) is 17.2 Å². The average molecular weight is 423 g/mol. The van der Waals surface area contributed by atoms with Crippen LogP contribution in [0.5, 0.6) is 17.2 Å². The third-order valence-corrected chi connectivity index (χ3v) is 4.73. The first-order valence-electron chi connectivity index (χ1n) is 7.13. The Hall–Kier alpha value is -2.59. The maximum absolute atomic E-state index is 12.5. The zero-order valence-corrected chi connectivity index (χ0v) is 15.5. The van der Waals surface area contributed by atoms with Gasteiger partial charge in [-0.25, -0.2) is 4.79 Å². The third kappa shape index (κ3) is 4.98. The topological polar surface area (TPSA) is 88.1 Å². The van der Waals surface area contributed by atoms with Gasteiger partial charge in [0.2, 0.25) is 0 Å². The molecule has 0 heterocycles. The van der Waals surface area contributed by atoms with Crippen LogP contribution in [-0.4, -0.2) is 35.2 Å². The summed E-state index contributed by atoms with van der Waals surface area (Å²) in [6.45, 7) is -3.12. The van der Waals surface area contributed by atoms with Crippen molar-refractivity contribution in [2.24, 2.45) is 0 Å². The van der Waals surface area contributed by atoms with Crippen LogP contribution in [0.15, 0.2) is 41.3 Å². The molecular formula is C16H13ClF2O7S. The van der Waals surface area contributed by atoms with E-state index in [0.717, 1.165) is 25.3 Å². The van der Waals surface area contributed by atoms with E-state index in [9.17, 15) is 22.0 Å². The number of hydrogen-bond acceptors (Lipinski definition) is 7. The van der Waals surface area contributed by atoms with Crippen molar-refractivity contribution in [3.05, 3.63) is 47.0 Å². The number of ether oxygens (including phenoxy) is 3. The first-order valence-corrected chi connectivity index (χ1v) is 8.91. The van der Waals surface area contributed by atoms with Crippen LogP contribution in [0.4, 0.5) is 8.78 Å². The molecule has 2 aromatic rings. The first kappa shape index (κ1) is 20.7. The fourth-order valence-electron chi connectivity index (χ4n) is 1.97. The number of rotatable bonds is 7. The molecule has 0 fully saturated rings. The minimum atomic E-state index is -4.46. The molecule has 0 aliphatic heterocycles. The van der Waals surface area contributed by atoms with Crippen LogP contribution in [0.2, 0.25) is 5.02 Å². The van der Waals surface area contributed by atoms with E-state index in [1.165, 1.54) is 25.3 Å². The number of methoxy groups -OCH3 is 2. The standard InChI is InChI=1S/C16H13ClF2O7S/c1-23-9-3-5-11(15(20)24-2)14(7-9)26-27(21,22)10-4-6-13(12(17)8-10)25-16(18)19/h3-8,16H,1-2H3. The molecule has 0 amide bonds. The lowest BCUT2D eigenvalue weighted by Crippen LogP contribution is -2.13. The molecule has 2 rings (SSSR count). The van der Waals surface area contributed by atoms with Crippen molar-refractivity contribution < 1.29 is 40.4 Å². The van der Waals surface area contributed by atoms with Gasteiger partial charge >= 0.3 is 22.7 Å². The fourth-order valence-corrected chi connectivity index (χ4v) is 3.23. The Morgan fingerprint density at radius 1 is 1.07 bits per heavy atom. The first-order chi connectivity index (χ1) is 12.7. The molecular weight excluding hydrogens is 410 g/mol. The molecule has 0 radical (unpaired) electrons. The Bertz CT molecular complexity index is 948. The fraction of sp³-hybridized carbons (Fsp3) is 0.188. The van der Waals surface area contributed by atoms with Crippen LogP contribution < -0.4 is 13.7 Å². The average Bonchev–Trinajstić information content (AvgIpc) is 2.61. The SMILES string of the molecule is COC(=O)c1ccc(OC)cc1OS(=O)(=O)c1ccc(OC(F)F)c(Cl)c1. The summed E-state index contributed by atoms with van der Waals surface area (Å²) in [5.41, 5.74) is -0.161. The smallest absolute Gasteiger partial charge is 0.387 e. The maximum atomic E-state index is 12.5. The van der Waals surface area contributed by atoms with Gasteiger partial charge in [0.1, 0.15) is 22.0 Å². The van der Waals surface area contributed by atoms with Crippen molar-refractivity contribution in [2.75, 3.05) is 14.2 Å². The number of esters is 1. The Labute approximate surface area is 158 Å². The Kier molecular flexibility index (Phi) is 6.45. The van der Waals surface area contributed by atoms with E-state index in [2.05, 4.69) is 9.47 Å². The summed E-state index contributed by atoms with van der Waals surface area (Å²) in [5, 5.41) is -0.362. The van der Waals surface area contributed by atoms with Crippen molar-refractivity contribution in [1.29, 1.82) is 0 Å². The zero-order valence-electron chi connectivity index (χ0n) is 13.9. The van der Waals surface area contributed by atoms with Crippen LogP contribution in [-0.2, 0) is 14.9 Å². The lowest BCUT2D eigenvalue weighted by Gasteiger charge is -2.13. The Balaban J connectivity index is 2.41. The number of benzene rings is 2. The molecule has 2 aromatic carbocycles. The molecule has 0 N–H and O–H groups in total. The van der Waals surface area contributed by atoms with E-state index in [-0.39, 0.29) is 22.1 Å². The van der Waals surface area contributed by atoms with Crippen LogP contribution in [0.1, 0.15) is 10.4 Å². The van der Waals surface area contributed by atoms with Crippen LogP contribution in [0.25, 0.3) is 0 Å². The second-order valence-electron chi connectivity index (χ2n) is 4.86. The van der Waals surface area contributed by atoms with Crippen molar-refractivity contribution in [3.63, 3.8) is 0 Å².